The van der Waals surface area contributed by atoms with E-state index in [0.29, 0.717) is 0 Å². The summed E-state index contributed by atoms with van der Waals surface area (Å²) in [5, 5.41) is 3.68. The van der Waals surface area contributed by atoms with Crippen LogP contribution in [0.4, 0.5) is 4.20 Å². The van der Waals surface area contributed by atoms with Gasteiger partial charge < -0.3 is 11.1 Å². The van der Waals surface area contributed by atoms with Gasteiger partial charge in [-0.25, -0.2) is 4.57 Å². The van der Waals surface area contributed by atoms with Crippen molar-refractivity contribution in [2.45, 2.75) is 316 Å². The molecule has 0 unspecified atom stereocenters. The van der Waals surface area contributed by atoms with E-state index in [9.17, 15) is 4.20 Å². The number of unbranched alkanes of at least 4 members (excludes halogenated alkanes) is 42. The molecule has 0 aromatic rings. The Labute approximate surface area is 384 Å². The molecule has 0 aromatic carbocycles. The van der Waals surface area contributed by atoms with Gasteiger partial charge in [0, 0.05) is 0 Å². The van der Waals surface area contributed by atoms with Crippen LogP contribution in [-0.4, -0.2) is 29.4 Å². The number of hydrogen-bond acceptors (Lipinski definition) is 3. The molecule has 0 aromatic heterocycles. The molecule has 0 bridgehead atoms. The monoisotopic (exact) mass is 889 g/mol. The van der Waals surface area contributed by atoms with Gasteiger partial charge in [-0.1, -0.05) is 283 Å². The van der Waals surface area contributed by atoms with Gasteiger partial charge in [0.25, 0.3) is 0 Å². The summed E-state index contributed by atoms with van der Waals surface area (Å²) in [4.78, 5) is 13.9. The van der Waals surface area contributed by atoms with Crippen molar-refractivity contribution in [1.82, 2.24) is 5.32 Å². The SMILES string of the molecule is CCCCCCCC/C=C\CCCCCCCCN.CCCCCCCCCCCCCCCCCCNCCCCCCCCCCCCCCCCCC.O=P(O)(O)F. The van der Waals surface area contributed by atoms with Gasteiger partial charge in [-0.05, 0) is 64.6 Å². The van der Waals surface area contributed by atoms with Crippen LogP contribution in [0.15, 0.2) is 12.2 Å². The predicted molar refractivity (Wildman–Crippen MR) is 274 cm³/mol. The molecule has 0 amide bonds. The minimum Gasteiger partial charge on any atom is -0.330 e. The van der Waals surface area contributed by atoms with Crippen molar-refractivity contribution in [1.29, 1.82) is 0 Å². The number of rotatable bonds is 49. The lowest BCUT2D eigenvalue weighted by Crippen LogP contribution is -2.16. The van der Waals surface area contributed by atoms with Gasteiger partial charge >= 0.3 is 7.91 Å². The summed E-state index contributed by atoms with van der Waals surface area (Å²) in [6.45, 7) is 10.2. The predicted octanol–water partition coefficient (Wildman–Crippen LogP) is 19.1. The second kappa shape index (κ2) is 61.8. The van der Waals surface area contributed by atoms with Crippen LogP contribution in [-0.2, 0) is 4.57 Å². The van der Waals surface area contributed by atoms with Crippen LogP contribution in [0.3, 0.4) is 0 Å². The maximum atomic E-state index is 10.4. The van der Waals surface area contributed by atoms with Gasteiger partial charge in [0.15, 0.2) is 0 Å². The molecule has 0 saturated carbocycles. The fourth-order valence-electron chi connectivity index (χ4n) is 8.11. The van der Waals surface area contributed by atoms with E-state index >= 15 is 0 Å². The Hall–Kier alpha value is -0.260. The van der Waals surface area contributed by atoms with E-state index in [1.165, 1.54) is 308 Å². The maximum absolute atomic E-state index is 10.4. The van der Waals surface area contributed by atoms with E-state index in [2.05, 4.69) is 38.2 Å². The van der Waals surface area contributed by atoms with E-state index in [1.54, 1.807) is 0 Å². The third-order valence-corrected chi connectivity index (χ3v) is 12.1. The van der Waals surface area contributed by atoms with Crippen molar-refractivity contribution >= 4 is 7.91 Å². The van der Waals surface area contributed by atoms with Crippen LogP contribution in [0.5, 0.6) is 0 Å². The first kappa shape index (κ1) is 65.0. The molecule has 0 aliphatic heterocycles. The Morgan fingerprint density at radius 2 is 0.541 bits per heavy atom. The molecule has 0 rings (SSSR count). The second-order valence-corrected chi connectivity index (χ2v) is 19.5. The standard InChI is InChI=1S/C36H75N.C18H37N.FH2O3P/c1-3-5-7-9-11-13-15-17-19-21-23-25-27-29-31-33-35-37-36-34-32-30-28-26-24-22-20-18-16-14-12-10-8-6-4-2;1-2-3-4-5-6-7-8-9-10-11-12-13-14-15-16-17-18-19;1-5(2,3)4/h37H,3-36H2,1-2H3;9-10H,2-8,11-19H2,1H3;(H2,2,3,4)/b;10-9-;. The summed E-state index contributed by atoms with van der Waals surface area (Å²) in [7, 11) is -5.14. The zero-order valence-corrected chi connectivity index (χ0v) is 42.9. The third kappa shape index (κ3) is 80.5. The van der Waals surface area contributed by atoms with Gasteiger partial charge in [-0.15, -0.1) is 4.20 Å². The topological polar surface area (TPSA) is 95.6 Å². The van der Waals surface area contributed by atoms with Gasteiger partial charge in [-0.3, -0.25) is 9.79 Å². The lowest BCUT2D eigenvalue weighted by atomic mass is 10.0. The Kier molecular flexibility index (Phi) is 65.9. The van der Waals surface area contributed by atoms with E-state index in [4.69, 9.17) is 20.1 Å². The van der Waals surface area contributed by atoms with Crippen LogP contribution in [0.1, 0.15) is 316 Å². The lowest BCUT2D eigenvalue weighted by molar-refractivity contribution is 0.322. The molecule has 0 fully saturated rings. The number of nitrogens with two attached hydrogens (primary N) is 1. The van der Waals surface area contributed by atoms with Crippen molar-refractivity contribution in [3.05, 3.63) is 12.2 Å². The number of halogens is 1. The van der Waals surface area contributed by atoms with E-state index in [0.717, 1.165) is 6.54 Å². The smallest absolute Gasteiger partial charge is 0.330 e. The van der Waals surface area contributed by atoms with Crippen molar-refractivity contribution in [2.75, 3.05) is 19.6 Å². The van der Waals surface area contributed by atoms with E-state index in [1.807, 2.05) is 0 Å². The molecule has 0 atom stereocenters. The summed E-state index contributed by atoms with van der Waals surface area (Å²) in [5.74, 6) is 0. The summed E-state index contributed by atoms with van der Waals surface area (Å²) < 4.78 is 19.0. The first-order valence-electron chi connectivity index (χ1n) is 27.6. The zero-order chi connectivity index (χ0) is 45.3. The summed E-state index contributed by atoms with van der Waals surface area (Å²) in [5.41, 5.74) is 5.47. The molecule has 0 aliphatic rings. The largest absolute Gasteiger partial charge is 0.507 e. The molecule has 370 valence electrons. The Morgan fingerprint density at radius 3 is 0.754 bits per heavy atom. The summed E-state index contributed by atoms with van der Waals surface area (Å²) in [6.07, 6.45) is 70.6. The molecule has 0 saturated heterocycles. The van der Waals surface area contributed by atoms with Gasteiger partial charge in [0.1, 0.15) is 0 Å². The fourth-order valence-corrected chi connectivity index (χ4v) is 8.11. The summed E-state index contributed by atoms with van der Waals surface area (Å²) >= 11 is 0. The maximum Gasteiger partial charge on any atom is 0.507 e. The van der Waals surface area contributed by atoms with Crippen LogP contribution < -0.4 is 11.1 Å². The number of nitrogens with one attached hydrogen (secondary N) is 1. The molecule has 0 heterocycles. The Balaban J connectivity index is -0.00000116. The highest BCUT2D eigenvalue weighted by Crippen LogP contribution is 2.35. The highest BCUT2D eigenvalue weighted by molar-refractivity contribution is 7.45. The molecule has 7 heteroatoms. The molecular formula is C54H114FN2O3P. The zero-order valence-electron chi connectivity index (χ0n) is 42.0. The highest BCUT2D eigenvalue weighted by atomic mass is 31.2. The first-order chi connectivity index (χ1) is 29.8. The normalized spacial score (nSPS) is 11.5. The third-order valence-electron chi connectivity index (χ3n) is 12.1. The molecular weight excluding hydrogens is 775 g/mol. The van der Waals surface area contributed by atoms with Crippen molar-refractivity contribution in [3.8, 4) is 0 Å². The Morgan fingerprint density at radius 1 is 0.361 bits per heavy atom. The number of allylic oxidation sites excluding steroid dienone is 2. The fraction of sp³-hybridized carbons (Fsp3) is 0.963. The average molecular weight is 889 g/mol. The van der Waals surface area contributed by atoms with Crippen molar-refractivity contribution in [3.63, 3.8) is 0 Å². The van der Waals surface area contributed by atoms with E-state index in [-0.39, 0.29) is 0 Å². The van der Waals surface area contributed by atoms with E-state index < -0.39 is 7.91 Å². The van der Waals surface area contributed by atoms with Gasteiger partial charge in [-0.2, -0.15) is 0 Å². The van der Waals surface area contributed by atoms with Crippen LogP contribution in [0.2, 0.25) is 0 Å². The highest BCUT2D eigenvalue weighted by Gasteiger charge is 2.05. The Bertz CT molecular complexity index is 769. The minimum absolute atomic E-state index is 0.862. The van der Waals surface area contributed by atoms with Crippen molar-refractivity contribution < 1.29 is 18.5 Å². The van der Waals surface area contributed by atoms with Crippen LogP contribution in [0, 0.1) is 0 Å². The average Bonchev–Trinajstić information content (AvgIpc) is 3.23. The van der Waals surface area contributed by atoms with Crippen molar-refractivity contribution in [2.24, 2.45) is 5.73 Å². The van der Waals surface area contributed by atoms with Crippen LogP contribution >= 0.6 is 7.91 Å². The molecule has 0 radical (unpaired) electrons. The molecule has 5 N–H and O–H groups in total. The number of hydrogen-bond donors (Lipinski definition) is 4. The summed E-state index contributed by atoms with van der Waals surface area (Å²) in [6, 6.07) is 0. The molecule has 61 heavy (non-hydrogen) atoms. The molecule has 5 nitrogen and oxygen atoms in total. The molecule has 0 spiro atoms. The van der Waals surface area contributed by atoms with Gasteiger partial charge in [0.05, 0.1) is 0 Å². The van der Waals surface area contributed by atoms with Gasteiger partial charge in [0.2, 0.25) is 0 Å². The quantitative estimate of drug-likeness (QED) is 0.0277. The van der Waals surface area contributed by atoms with Crippen LogP contribution in [0.25, 0.3) is 0 Å². The molecule has 0 aliphatic carbocycles. The minimum atomic E-state index is -5.14. The first-order valence-corrected chi connectivity index (χ1v) is 29.1. The second-order valence-electron chi connectivity index (χ2n) is 18.6. The lowest BCUT2D eigenvalue weighted by Gasteiger charge is -2.06.